The van der Waals surface area contributed by atoms with Crippen molar-refractivity contribution in [3.63, 3.8) is 0 Å². The van der Waals surface area contributed by atoms with Crippen molar-refractivity contribution in [2.75, 3.05) is 5.73 Å². The molecule has 0 aliphatic heterocycles. The highest BCUT2D eigenvalue weighted by Gasteiger charge is 2.14. The normalized spacial score (nSPS) is 13.1. The summed E-state index contributed by atoms with van der Waals surface area (Å²) in [4.78, 5) is 26.1. The van der Waals surface area contributed by atoms with Crippen molar-refractivity contribution >= 4 is 34.4 Å². The van der Waals surface area contributed by atoms with Gasteiger partial charge in [-0.25, -0.2) is 9.97 Å². The lowest BCUT2D eigenvalue weighted by Crippen LogP contribution is -2.26. The standard InChI is InChI=1S/C26H29N7O/c1-15-5-6-24-32-23(14-33(24)13-15)18(4)30-11-19(10-27)26(34)31-12-22-16(2)9-21-20(17(22)3)7-8-29-25(21)28/h5-11,13-14,18H,12,27H2,1-4H3,(H2,28,29)(H,31,34)/b19-10+,30-11?. The van der Waals surface area contributed by atoms with Crippen LogP contribution in [0.2, 0.25) is 0 Å². The zero-order valence-corrected chi connectivity index (χ0v) is 19.8. The van der Waals surface area contributed by atoms with Gasteiger partial charge < -0.3 is 21.2 Å². The van der Waals surface area contributed by atoms with Crippen molar-refractivity contribution < 1.29 is 4.79 Å². The van der Waals surface area contributed by atoms with Gasteiger partial charge in [0.1, 0.15) is 11.5 Å². The third kappa shape index (κ3) is 4.47. The second-order valence-electron chi connectivity index (χ2n) is 8.48. The monoisotopic (exact) mass is 455 g/mol. The van der Waals surface area contributed by atoms with E-state index in [0.29, 0.717) is 12.4 Å². The van der Waals surface area contributed by atoms with E-state index >= 15 is 0 Å². The molecular weight excluding hydrogens is 426 g/mol. The maximum atomic E-state index is 12.8. The third-order valence-electron chi connectivity index (χ3n) is 6.06. The van der Waals surface area contributed by atoms with Crippen LogP contribution in [0, 0.1) is 20.8 Å². The number of pyridine rings is 2. The van der Waals surface area contributed by atoms with Crippen LogP contribution in [0.1, 0.15) is 40.9 Å². The minimum absolute atomic E-state index is 0.230. The third-order valence-corrected chi connectivity index (χ3v) is 6.06. The first-order valence-corrected chi connectivity index (χ1v) is 11.1. The van der Waals surface area contributed by atoms with Gasteiger partial charge >= 0.3 is 0 Å². The van der Waals surface area contributed by atoms with Crippen LogP contribution < -0.4 is 16.8 Å². The highest BCUT2D eigenvalue weighted by atomic mass is 16.1. The average Bonchev–Trinajstić information content (AvgIpc) is 3.23. The number of aliphatic imine (C=N–C) groups is 1. The number of carbonyl (C=O) groups is 1. The zero-order chi connectivity index (χ0) is 24.4. The smallest absolute Gasteiger partial charge is 0.254 e. The molecule has 0 fully saturated rings. The van der Waals surface area contributed by atoms with Crippen LogP contribution in [0.3, 0.4) is 0 Å². The summed E-state index contributed by atoms with van der Waals surface area (Å²) in [5, 5.41) is 4.90. The van der Waals surface area contributed by atoms with Gasteiger partial charge in [-0.15, -0.1) is 0 Å². The summed E-state index contributed by atoms with van der Waals surface area (Å²) in [5.74, 6) is 0.205. The largest absolute Gasteiger partial charge is 0.404 e. The summed E-state index contributed by atoms with van der Waals surface area (Å²) in [7, 11) is 0. The van der Waals surface area contributed by atoms with Crippen molar-refractivity contribution in [1.29, 1.82) is 0 Å². The van der Waals surface area contributed by atoms with Gasteiger partial charge in [-0.1, -0.05) is 6.07 Å². The number of benzene rings is 1. The topological polar surface area (TPSA) is 124 Å². The summed E-state index contributed by atoms with van der Waals surface area (Å²) in [6.45, 7) is 8.35. The van der Waals surface area contributed by atoms with Gasteiger partial charge in [0.2, 0.25) is 0 Å². The number of nitrogens with one attached hydrogen (secondary N) is 1. The van der Waals surface area contributed by atoms with E-state index in [2.05, 4.69) is 20.3 Å². The van der Waals surface area contributed by atoms with Crippen molar-refractivity contribution in [2.24, 2.45) is 10.7 Å². The zero-order valence-electron chi connectivity index (χ0n) is 19.8. The molecule has 4 aromatic rings. The van der Waals surface area contributed by atoms with Crippen LogP contribution in [-0.2, 0) is 11.3 Å². The number of rotatable bonds is 6. The average molecular weight is 456 g/mol. The van der Waals surface area contributed by atoms with Gasteiger partial charge in [0, 0.05) is 42.9 Å². The van der Waals surface area contributed by atoms with E-state index in [0.717, 1.165) is 44.4 Å². The Hall–Kier alpha value is -4.20. The number of imidazole rings is 1. The molecule has 3 heterocycles. The van der Waals surface area contributed by atoms with Crippen molar-refractivity contribution in [2.45, 2.75) is 40.3 Å². The van der Waals surface area contributed by atoms with Gasteiger partial charge in [0.25, 0.3) is 5.91 Å². The van der Waals surface area contributed by atoms with Crippen LogP contribution in [0.25, 0.3) is 16.4 Å². The number of hydrogen-bond acceptors (Lipinski definition) is 6. The van der Waals surface area contributed by atoms with Gasteiger partial charge in [0.15, 0.2) is 0 Å². The Morgan fingerprint density at radius 1 is 1.21 bits per heavy atom. The molecule has 1 atom stereocenters. The Balaban J connectivity index is 1.47. The van der Waals surface area contributed by atoms with E-state index in [9.17, 15) is 4.79 Å². The van der Waals surface area contributed by atoms with Crippen LogP contribution in [0.5, 0.6) is 0 Å². The first kappa shape index (κ1) is 23.0. The molecule has 174 valence electrons. The van der Waals surface area contributed by atoms with Crippen LogP contribution in [-0.4, -0.2) is 26.5 Å². The molecule has 8 heteroatoms. The molecule has 0 bridgehead atoms. The Morgan fingerprint density at radius 2 is 2.00 bits per heavy atom. The quantitative estimate of drug-likeness (QED) is 0.302. The fourth-order valence-corrected chi connectivity index (χ4v) is 4.04. The van der Waals surface area contributed by atoms with Crippen LogP contribution in [0.15, 0.2) is 59.6 Å². The second-order valence-corrected chi connectivity index (χ2v) is 8.48. The van der Waals surface area contributed by atoms with E-state index in [1.807, 2.05) is 68.8 Å². The maximum Gasteiger partial charge on any atom is 0.254 e. The number of nitrogens with zero attached hydrogens (tertiary/aromatic N) is 4. The molecule has 0 spiro atoms. The number of nitrogen functional groups attached to an aromatic ring is 1. The molecule has 5 N–H and O–H groups in total. The van der Waals surface area contributed by atoms with E-state index in [1.54, 1.807) is 6.20 Å². The number of aromatic nitrogens is 3. The molecule has 1 amide bonds. The number of nitrogens with two attached hydrogens (primary N) is 2. The first-order valence-electron chi connectivity index (χ1n) is 11.1. The van der Waals surface area contributed by atoms with Gasteiger partial charge in [0.05, 0.1) is 17.3 Å². The van der Waals surface area contributed by atoms with E-state index in [1.165, 1.54) is 12.4 Å². The summed E-state index contributed by atoms with van der Waals surface area (Å²) in [6, 6.07) is 7.70. The number of fused-ring (bicyclic) bond motifs is 2. The molecule has 0 aliphatic rings. The first-order chi connectivity index (χ1) is 16.3. The number of hydrogen-bond donors (Lipinski definition) is 3. The Kier molecular flexibility index (Phi) is 6.32. The van der Waals surface area contributed by atoms with Gasteiger partial charge in [-0.3, -0.25) is 9.79 Å². The van der Waals surface area contributed by atoms with E-state index in [4.69, 9.17) is 11.5 Å². The highest BCUT2D eigenvalue weighted by Crippen LogP contribution is 2.27. The lowest BCUT2D eigenvalue weighted by Gasteiger charge is -2.15. The number of anilines is 1. The van der Waals surface area contributed by atoms with Crippen molar-refractivity contribution in [3.8, 4) is 0 Å². The molecule has 34 heavy (non-hydrogen) atoms. The maximum absolute atomic E-state index is 12.8. The minimum Gasteiger partial charge on any atom is -0.404 e. The van der Waals surface area contributed by atoms with E-state index < -0.39 is 0 Å². The Bertz CT molecular complexity index is 1450. The van der Waals surface area contributed by atoms with Crippen LogP contribution in [0.4, 0.5) is 5.82 Å². The molecule has 3 aromatic heterocycles. The molecule has 8 nitrogen and oxygen atoms in total. The Morgan fingerprint density at radius 3 is 2.76 bits per heavy atom. The fourth-order valence-electron chi connectivity index (χ4n) is 4.04. The van der Waals surface area contributed by atoms with Crippen LogP contribution >= 0.6 is 0 Å². The van der Waals surface area contributed by atoms with Crippen molar-refractivity contribution in [1.82, 2.24) is 19.7 Å². The summed E-state index contributed by atoms with van der Waals surface area (Å²) in [6.07, 6.45) is 8.43. The number of amides is 1. The molecule has 0 saturated carbocycles. The molecule has 1 aromatic carbocycles. The predicted molar refractivity (Wildman–Crippen MR) is 137 cm³/mol. The fraction of sp³-hybridized carbons (Fsp3) is 0.231. The summed E-state index contributed by atoms with van der Waals surface area (Å²) in [5.41, 5.74) is 18.0. The predicted octanol–water partition coefficient (Wildman–Crippen LogP) is 3.68. The minimum atomic E-state index is -0.294. The second kappa shape index (κ2) is 9.35. The number of carbonyl (C=O) groups excluding carboxylic acids is 1. The summed E-state index contributed by atoms with van der Waals surface area (Å²) < 4.78 is 1.97. The SMILES string of the molecule is Cc1ccc2nc(C(C)N=C/C(=C\N)C(=O)NCc3c(C)cc4c(N)nccc4c3C)cn2c1. The van der Waals surface area contributed by atoms with Gasteiger partial charge in [-0.05, 0) is 73.5 Å². The molecule has 0 saturated heterocycles. The molecule has 0 radical (unpaired) electrons. The van der Waals surface area contributed by atoms with Gasteiger partial charge in [-0.2, -0.15) is 0 Å². The van der Waals surface area contributed by atoms with E-state index in [-0.39, 0.29) is 17.5 Å². The number of aryl methyl sites for hydroxylation is 3. The summed E-state index contributed by atoms with van der Waals surface area (Å²) >= 11 is 0. The highest BCUT2D eigenvalue weighted by molar-refractivity contribution is 6.12. The molecule has 0 aliphatic carbocycles. The lowest BCUT2D eigenvalue weighted by atomic mass is 9.96. The molecule has 1 unspecified atom stereocenters. The van der Waals surface area contributed by atoms with Crippen molar-refractivity contribution in [3.05, 3.63) is 82.6 Å². The molecular formula is C26H29N7O. The Labute approximate surface area is 198 Å². The molecule has 4 rings (SSSR count). The lowest BCUT2D eigenvalue weighted by molar-refractivity contribution is -0.117.